The molecule has 2 aromatic carbocycles. The van der Waals surface area contributed by atoms with Gasteiger partial charge in [0.15, 0.2) is 0 Å². The minimum atomic E-state index is -0.305. The summed E-state index contributed by atoms with van der Waals surface area (Å²) in [6.45, 7) is 0.341. The first-order valence-electron chi connectivity index (χ1n) is 7.86. The molecule has 4 aromatic rings. The molecule has 2 heterocycles. The van der Waals surface area contributed by atoms with E-state index in [-0.39, 0.29) is 11.4 Å². The third-order valence-corrected chi connectivity index (χ3v) is 5.05. The fourth-order valence-electron chi connectivity index (χ4n) is 2.69. The normalized spacial score (nSPS) is 11.0. The highest BCUT2D eigenvalue weighted by Crippen LogP contribution is 2.21. The van der Waals surface area contributed by atoms with Crippen molar-refractivity contribution in [2.45, 2.75) is 6.54 Å². The Kier molecular flexibility index (Phi) is 4.44. The predicted octanol–water partition coefficient (Wildman–Crippen LogP) is 4.85. The van der Waals surface area contributed by atoms with Gasteiger partial charge in [-0.3, -0.25) is 4.79 Å². The number of thiophene rings is 1. The van der Waals surface area contributed by atoms with E-state index in [2.05, 4.69) is 10.3 Å². The van der Waals surface area contributed by atoms with Gasteiger partial charge in [-0.05, 0) is 53.4 Å². The van der Waals surface area contributed by atoms with Crippen molar-refractivity contribution >= 4 is 39.1 Å². The van der Waals surface area contributed by atoms with Crippen LogP contribution in [0.3, 0.4) is 0 Å². The Balaban J connectivity index is 1.80. The van der Waals surface area contributed by atoms with Crippen LogP contribution in [-0.2, 0) is 6.54 Å². The van der Waals surface area contributed by atoms with Gasteiger partial charge >= 0.3 is 0 Å². The highest BCUT2D eigenvalue weighted by atomic mass is 35.5. The monoisotopic (exact) mass is 385 g/mol. The van der Waals surface area contributed by atoms with E-state index >= 15 is 0 Å². The summed E-state index contributed by atoms with van der Waals surface area (Å²) >= 11 is 7.31. The number of fused-ring (bicyclic) bond motifs is 1. The summed E-state index contributed by atoms with van der Waals surface area (Å²) in [4.78, 5) is 17.5. The zero-order valence-corrected chi connectivity index (χ0v) is 15.0. The van der Waals surface area contributed by atoms with E-state index in [1.54, 1.807) is 36.4 Å². The molecule has 0 aliphatic heterocycles. The van der Waals surface area contributed by atoms with Crippen LogP contribution in [-0.4, -0.2) is 9.55 Å². The van der Waals surface area contributed by atoms with Crippen molar-refractivity contribution in [2.75, 3.05) is 5.32 Å². The summed E-state index contributed by atoms with van der Waals surface area (Å²) in [6.07, 6.45) is 0. The van der Waals surface area contributed by atoms with E-state index in [1.165, 1.54) is 28.0 Å². The standard InChI is InChI=1S/C19H13ClFN3OS/c20-13-4-6-15(7-5-13)24-18(25)17-16(8-9-26-17)23-19(24)22-11-12-2-1-3-14(21)10-12/h1-10H,11H2,(H,22,23). The van der Waals surface area contributed by atoms with Gasteiger partial charge in [0.2, 0.25) is 5.95 Å². The minimum Gasteiger partial charge on any atom is -0.351 e. The summed E-state index contributed by atoms with van der Waals surface area (Å²) in [6, 6.07) is 15.1. The molecule has 7 heteroatoms. The molecular weight excluding hydrogens is 373 g/mol. The molecule has 0 bridgehead atoms. The average molecular weight is 386 g/mol. The zero-order chi connectivity index (χ0) is 18.1. The van der Waals surface area contributed by atoms with Crippen molar-refractivity contribution in [3.63, 3.8) is 0 Å². The van der Waals surface area contributed by atoms with Crippen LogP contribution < -0.4 is 10.9 Å². The minimum absolute atomic E-state index is 0.158. The van der Waals surface area contributed by atoms with Crippen molar-refractivity contribution < 1.29 is 4.39 Å². The second-order valence-corrected chi connectivity index (χ2v) is 7.02. The maximum Gasteiger partial charge on any atom is 0.277 e. The Morgan fingerprint density at radius 2 is 1.96 bits per heavy atom. The summed E-state index contributed by atoms with van der Waals surface area (Å²) in [5.74, 6) is 0.0909. The van der Waals surface area contributed by atoms with Crippen LogP contribution in [0, 0.1) is 5.82 Å². The second-order valence-electron chi connectivity index (χ2n) is 5.67. The van der Waals surface area contributed by atoms with Gasteiger partial charge in [-0.1, -0.05) is 23.7 Å². The Labute approximate surface area is 157 Å². The molecule has 0 aliphatic carbocycles. The molecule has 0 saturated heterocycles. The molecule has 0 saturated carbocycles. The maximum absolute atomic E-state index is 13.4. The number of benzene rings is 2. The smallest absolute Gasteiger partial charge is 0.277 e. The molecule has 4 rings (SSSR count). The second kappa shape index (κ2) is 6.90. The third kappa shape index (κ3) is 3.21. The van der Waals surface area contributed by atoms with E-state index < -0.39 is 0 Å². The van der Waals surface area contributed by atoms with Gasteiger partial charge in [-0.2, -0.15) is 0 Å². The molecule has 0 atom stereocenters. The fraction of sp³-hybridized carbons (Fsp3) is 0.0526. The zero-order valence-electron chi connectivity index (χ0n) is 13.4. The summed E-state index contributed by atoms with van der Waals surface area (Å²) in [5.41, 5.74) is 1.89. The first-order valence-corrected chi connectivity index (χ1v) is 9.12. The summed E-state index contributed by atoms with van der Waals surface area (Å²) in [7, 11) is 0. The molecule has 2 aromatic heterocycles. The van der Waals surface area contributed by atoms with Crippen LogP contribution in [0.1, 0.15) is 5.56 Å². The lowest BCUT2D eigenvalue weighted by molar-refractivity contribution is 0.626. The number of aromatic nitrogens is 2. The Morgan fingerprint density at radius 3 is 2.73 bits per heavy atom. The highest BCUT2D eigenvalue weighted by molar-refractivity contribution is 7.17. The molecular formula is C19H13ClFN3OS. The van der Waals surface area contributed by atoms with Crippen LogP contribution in [0.5, 0.6) is 0 Å². The van der Waals surface area contributed by atoms with Gasteiger partial charge in [0.05, 0.1) is 11.2 Å². The van der Waals surface area contributed by atoms with Crippen molar-refractivity contribution in [1.29, 1.82) is 0 Å². The van der Waals surface area contributed by atoms with Gasteiger partial charge in [0.1, 0.15) is 10.5 Å². The van der Waals surface area contributed by atoms with Crippen LogP contribution in [0.25, 0.3) is 15.9 Å². The number of anilines is 1. The third-order valence-electron chi connectivity index (χ3n) is 3.90. The molecule has 130 valence electrons. The van der Waals surface area contributed by atoms with E-state index in [1.807, 2.05) is 11.4 Å². The Bertz CT molecular complexity index is 1140. The lowest BCUT2D eigenvalue weighted by Crippen LogP contribution is -2.23. The molecule has 0 spiro atoms. The molecule has 26 heavy (non-hydrogen) atoms. The average Bonchev–Trinajstić information content (AvgIpc) is 3.10. The SMILES string of the molecule is O=c1c2sccc2nc(NCc2cccc(F)c2)n1-c1ccc(Cl)cc1. The number of hydrogen-bond donors (Lipinski definition) is 1. The van der Waals surface area contributed by atoms with Gasteiger partial charge in [-0.25, -0.2) is 13.9 Å². The Morgan fingerprint density at radius 1 is 1.15 bits per heavy atom. The van der Waals surface area contributed by atoms with Crippen molar-refractivity contribution in [3.8, 4) is 5.69 Å². The van der Waals surface area contributed by atoms with E-state index in [9.17, 15) is 9.18 Å². The van der Waals surface area contributed by atoms with E-state index in [0.29, 0.717) is 33.4 Å². The van der Waals surface area contributed by atoms with Crippen molar-refractivity contribution in [2.24, 2.45) is 0 Å². The first-order chi connectivity index (χ1) is 12.6. The highest BCUT2D eigenvalue weighted by Gasteiger charge is 2.13. The molecule has 0 fully saturated rings. The molecule has 0 radical (unpaired) electrons. The van der Waals surface area contributed by atoms with Gasteiger partial charge in [0.25, 0.3) is 5.56 Å². The molecule has 0 amide bonds. The largest absolute Gasteiger partial charge is 0.351 e. The van der Waals surface area contributed by atoms with E-state index in [4.69, 9.17) is 11.6 Å². The van der Waals surface area contributed by atoms with Crippen LogP contribution in [0.2, 0.25) is 5.02 Å². The Hall–Kier alpha value is -2.70. The number of hydrogen-bond acceptors (Lipinski definition) is 4. The van der Waals surface area contributed by atoms with Crippen molar-refractivity contribution in [3.05, 3.63) is 86.7 Å². The quantitative estimate of drug-likeness (QED) is 0.546. The molecule has 4 nitrogen and oxygen atoms in total. The molecule has 1 N–H and O–H groups in total. The van der Waals surface area contributed by atoms with Crippen LogP contribution in [0.4, 0.5) is 10.3 Å². The topological polar surface area (TPSA) is 46.9 Å². The van der Waals surface area contributed by atoms with Gasteiger partial charge in [0, 0.05) is 11.6 Å². The van der Waals surface area contributed by atoms with Crippen LogP contribution in [0.15, 0.2) is 64.8 Å². The molecule has 0 aliphatic rings. The number of rotatable bonds is 4. The van der Waals surface area contributed by atoms with Crippen molar-refractivity contribution in [1.82, 2.24) is 9.55 Å². The molecule has 0 unspecified atom stereocenters. The maximum atomic E-state index is 13.4. The van der Waals surface area contributed by atoms with Crippen LogP contribution >= 0.6 is 22.9 Å². The van der Waals surface area contributed by atoms with E-state index in [0.717, 1.165) is 5.56 Å². The summed E-state index contributed by atoms with van der Waals surface area (Å²) in [5, 5.41) is 5.57. The number of nitrogens with zero attached hydrogens (tertiary/aromatic N) is 2. The lowest BCUT2D eigenvalue weighted by Gasteiger charge is -2.14. The number of nitrogens with one attached hydrogen (secondary N) is 1. The lowest BCUT2D eigenvalue weighted by atomic mass is 10.2. The van der Waals surface area contributed by atoms with Gasteiger partial charge < -0.3 is 5.32 Å². The first kappa shape index (κ1) is 16.8. The fourth-order valence-corrected chi connectivity index (χ4v) is 3.57. The number of halogens is 2. The predicted molar refractivity (Wildman–Crippen MR) is 104 cm³/mol. The summed E-state index contributed by atoms with van der Waals surface area (Å²) < 4.78 is 15.5. The van der Waals surface area contributed by atoms with Gasteiger partial charge in [-0.15, -0.1) is 11.3 Å².